The highest BCUT2D eigenvalue weighted by Crippen LogP contribution is 2.43. The normalized spacial score (nSPS) is 10.9. The quantitative estimate of drug-likeness (QED) is 0.292. The Labute approximate surface area is 150 Å². The van der Waals surface area contributed by atoms with Crippen molar-refractivity contribution in [3.63, 3.8) is 0 Å². The summed E-state index contributed by atoms with van der Waals surface area (Å²) in [6, 6.07) is 6.49. The molecule has 0 amide bonds. The number of ether oxygens (including phenoxy) is 1. The highest BCUT2D eigenvalue weighted by Gasteiger charge is 2.23. The summed E-state index contributed by atoms with van der Waals surface area (Å²) in [5, 5.41) is 11.9. The summed E-state index contributed by atoms with van der Waals surface area (Å²) in [5.41, 5.74) is 6.39. The van der Waals surface area contributed by atoms with Gasteiger partial charge in [0.05, 0.1) is 29.2 Å². The fourth-order valence-corrected chi connectivity index (χ4v) is 4.48. The van der Waals surface area contributed by atoms with E-state index in [-0.39, 0.29) is 22.9 Å². The smallest absolute Gasteiger partial charge is 0.350 e. The number of non-ortho nitro benzene ring substituents is 1. The van der Waals surface area contributed by atoms with Gasteiger partial charge in [0.25, 0.3) is 5.69 Å². The molecule has 3 aromatic rings. The van der Waals surface area contributed by atoms with Crippen LogP contribution in [0.3, 0.4) is 0 Å². The first kappa shape index (κ1) is 17.3. The number of nitro groups is 1. The molecule has 0 aliphatic carbocycles. The lowest BCUT2D eigenvalue weighted by molar-refractivity contribution is -0.384. The van der Waals surface area contributed by atoms with Gasteiger partial charge in [0.15, 0.2) is 0 Å². The number of nitro benzene ring substituents is 1. The number of nitrogen functional groups attached to an aromatic ring is 1. The first-order chi connectivity index (χ1) is 12.0. The van der Waals surface area contributed by atoms with Crippen LogP contribution in [0.2, 0.25) is 0 Å². The molecule has 25 heavy (non-hydrogen) atoms. The predicted molar refractivity (Wildman–Crippen MR) is 97.1 cm³/mol. The topological polar surface area (TPSA) is 109 Å². The molecule has 0 bridgehead atoms. The van der Waals surface area contributed by atoms with E-state index in [2.05, 4.69) is 0 Å². The summed E-state index contributed by atoms with van der Waals surface area (Å²) in [5.74, 6) is 0.711. The van der Waals surface area contributed by atoms with Crippen LogP contribution in [0.15, 0.2) is 39.8 Å². The highest BCUT2D eigenvalue weighted by molar-refractivity contribution is 7.98. The first-order valence-electron chi connectivity index (χ1n) is 7.34. The van der Waals surface area contributed by atoms with E-state index in [4.69, 9.17) is 14.9 Å². The number of anilines is 1. The Morgan fingerprint density at radius 3 is 2.92 bits per heavy atom. The van der Waals surface area contributed by atoms with Crippen LogP contribution in [0.25, 0.3) is 10.1 Å². The summed E-state index contributed by atoms with van der Waals surface area (Å²) in [6.07, 6.45) is 1.57. The van der Waals surface area contributed by atoms with Crippen molar-refractivity contribution in [2.24, 2.45) is 0 Å². The molecular weight excluding hydrogens is 364 g/mol. The Balaban J connectivity index is 2.08. The van der Waals surface area contributed by atoms with Crippen LogP contribution >= 0.6 is 23.1 Å². The number of rotatable bonds is 6. The second kappa shape index (κ2) is 7.16. The van der Waals surface area contributed by atoms with Crippen molar-refractivity contribution in [3.8, 4) is 0 Å². The zero-order valence-electron chi connectivity index (χ0n) is 13.2. The van der Waals surface area contributed by atoms with E-state index >= 15 is 0 Å². The fraction of sp³-hybridized carbons (Fsp3) is 0.188. The summed E-state index contributed by atoms with van der Waals surface area (Å²) < 4.78 is 10.9. The molecule has 2 heterocycles. The van der Waals surface area contributed by atoms with Crippen molar-refractivity contribution in [3.05, 3.63) is 51.3 Å². The Morgan fingerprint density at radius 1 is 1.48 bits per heavy atom. The number of hydrogen-bond acceptors (Lipinski definition) is 8. The monoisotopic (exact) mass is 378 g/mol. The van der Waals surface area contributed by atoms with Crippen molar-refractivity contribution in [1.82, 2.24) is 0 Å². The number of hydrogen-bond donors (Lipinski definition) is 1. The van der Waals surface area contributed by atoms with Crippen molar-refractivity contribution in [1.29, 1.82) is 0 Å². The molecule has 0 spiro atoms. The van der Waals surface area contributed by atoms with Gasteiger partial charge in [-0.2, -0.15) is 0 Å². The summed E-state index contributed by atoms with van der Waals surface area (Å²) >= 11 is 2.47. The fourth-order valence-electron chi connectivity index (χ4n) is 2.31. The molecule has 0 radical (unpaired) electrons. The molecule has 0 aliphatic heterocycles. The minimum atomic E-state index is -0.522. The standard InChI is InChI=1S/C16H14N2O5S2/c1-2-22-16(19)15-14(17)13-11(24-8-10-4-3-5-23-10)6-9(18(20)21)7-12(13)25-15/h3-7H,2,8,17H2,1H3. The first-order valence-corrected chi connectivity index (χ1v) is 9.14. The molecule has 1 aromatic carbocycles. The van der Waals surface area contributed by atoms with E-state index in [0.29, 0.717) is 20.7 Å². The van der Waals surface area contributed by atoms with Gasteiger partial charge in [-0.25, -0.2) is 4.79 Å². The second-order valence-corrected chi connectivity index (χ2v) is 7.08. The number of furan rings is 1. The number of carbonyl (C=O) groups is 1. The molecule has 9 heteroatoms. The molecule has 0 aliphatic rings. The maximum absolute atomic E-state index is 12.1. The third-order valence-electron chi connectivity index (χ3n) is 3.40. The van der Waals surface area contributed by atoms with Crippen molar-refractivity contribution < 1.29 is 18.9 Å². The van der Waals surface area contributed by atoms with E-state index in [1.807, 2.05) is 6.07 Å². The van der Waals surface area contributed by atoms with E-state index < -0.39 is 10.9 Å². The molecule has 7 nitrogen and oxygen atoms in total. The van der Waals surface area contributed by atoms with Crippen LogP contribution in [-0.2, 0) is 10.5 Å². The summed E-state index contributed by atoms with van der Waals surface area (Å²) in [4.78, 5) is 23.7. The van der Waals surface area contributed by atoms with Crippen LogP contribution in [0, 0.1) is 10.1 Å². The molecule has 0 fully saturated rings. The molecular formula is C16H14N2O5S2. The number of esters is 1. The van der Waals surface area contributed by atoms with Gasteiger partial charge in [-0.1, -0.05) is 0 Å². The van der Waals surface area contributed by atoms with Crippen LogP contribution < -0.4 is 5.73 Å². The third-order valence-corrected chi connectivity index (χ3v) is 5.59. The second-order valence-electron chi connectivity index (χ2n) is 5.01. The summed E-state index contributed by atoms with van der Waals surface area (Å²) in [7, 11) is 0. The van der Waals surface area contributed by atoms with Gasteiger partial charge in [0, 0.05) is 27.1 Å². The minimum Gasteiger partial charge on any atom is -0.468 e. The number of benzene rings is 1. The third kappa shape index (κ3) is 3.47. The molecule has 0 saturated carbocycles. The van der Waals surface area contributed by atoms with Gasteiger partial charge in [0.1, 0.15) is 10.6 Å². The lowest BCUT2D eigenvalue weighted by atomic mass is 10.2. The Kier molecular flexibility index (Phi) is 4.95. The lowest BCUT2D eigenvalue weighted by Gasteiger charge is -2.04. The SMILES string of the molecule is CCOC(=O)c1sc2cc([N+](=O)[O-])cc(SCc3ccco3)c2c1N. The van der Waals surface area contributed by atoms with E-state index in [9.17, 15) is 14.9 Å². The number of thioether (sulfide) groups is 1. The molecule has 0 unspecified atom stereocenters. The van der Waals surface area contributed by atoms with Crippen molar-refractivity contribution >= 4 is 50.5 Å². The largest absolute Gasteiger partial charge is 0.468 e. The number of nitrogens with zero attached hydrogens (tertiary/aromatic N) is 1. The molecule has 2 aromatic heterocycles. The number of carbonyl (C=O) groups excluding carboxylic acids is 1. The van der Waals surface area contributed by atoms with Crippen molar-refractivity contribution in [2.75, 3.05) is 12.3 Å². The molecule has 2 N–H and O–H groups in total. The molecule has 130 valence electrons. The number of fused-ring (bicyclic) bond motifs is 1. The molecule has 0 saturated heterocycles. The van der Waals surface area contributed by atoms with E-state index in [1.165, 1.54) is 23.9 Å². The van der Waals surface area contributed by atoms with Crippen molar-refractivity contribution in [2.45, 2.75) is 17.6 Å². The van der Waals surface area contributed by atoms with Gasteiger partial charge in [-0.15, -0.1) is 23.1 Å². The lowest BCUT2D eigenvalue weighted by Crippen LogP contribution is -2.04. The van der Waals surface area contributed by atoms with Crippen LogP contribution in [0.1, 0.15) is 22.4 Å². The van der Waals surface area contributed by atoms with Gasteiger partial charge in [-0.05, 0) is 19.1 Å². The van der Waals surface area contributed by atoms with Gasteiger partial charge in [-0.3, -0.25) is 10.1 Å². The van der Waals surface area contributed by atoms with Gasteiger partial charge in [0.2, 0.25) is 0 Å². The average Bonchev–Trinajstić information content (AvgIpc) is 3.21. The summed E-state index contributed by atoms with van der Waals surface area (Å²) in [6.45, 7) is 1.93. The Bertz CT molecular complexity index is 934. The molecule has 3 rings (SSSR count). The zero-order valence-corrected chi connectivity index (χ0v) is 14.8. The average molecular weight is 378 g/mol. The van der Waals surface area contributed by atoms with E-state index in [0.717, 1.165) is 17.1 Å². The number of nitrogens with two attached hydrogens (primary N) is 1. The van der Waals surface area contributed by atoms with Gasteiger partial charge >= 0.3 is 5.97 Å². The highest BCUT2D eigenvalue weighted by atomic mass is 32.2. The number of thiophene rings is 1. The molecule has 0 atom stereocenters. The Hall–Kier alpha value is -2.52. The Morgan fingerprint density at radius 2 is 2.28 bits per heavy atom. The van der Waals surface area contributed by atoms with Crippen LogP contribution in [0.5, 0.6) is 0 Å². The van der Waals surface area contributed by atoms with Crippen LogP contribution in [0.4, 0.5) is 11.4 Å². The minimum absolute atomic E-state index is 0.0499. The van der Waals surface area contributed by atoms with Gasteiger partial charge < -0.3 is 14.9 Å². The maximum atomic E-state index is 12.1. The van der Waals surface area contributed by atoms with E-state index in [1.54, 1.807) is 19.3 Å². The predicted octanol–water partition coefficient (Wildman–Crippen LogP) is 4.45. The van der Waals surface area contributed by atoms with Crippen LogP contribution in [-0.4, -0.2) is 17.5 Å². The zero-order chi connectivity index (χ0) is 18.0. The maximum Gasteiger partial charge on any atom is 0.350 e.